The fourth-order valence-corrected chi connectivity index (χ4v) is 3.58. The molecule has 2 aromatic heterocycles. The first kappa shape index (κ1) is 17.5. The number of carbonyl (C=O) groups excluding carboxylic acids is 1. The maximum absolute atomic E-state index is 13.4. The molecule has 6 heteroatoms. The number of hydrogen-bond donors (Lipinski definition) is 0. The van der Waals surface area contributed by atoms with Crippen LogP contribution in [0.4, 0.5) is 0 Å². The molecule has 0 saturated carbocycles. The van der Waals surface area contributed by atoms with Crippen LogP contribution in [0.2, 0.25) is 0 Å². The Morgan fingerprint density at radius 3 is 3.00 bits per heavy atom. The molecule has 1 amide bonds. The van der Waals surface area contributed by atoms with Gasteiger partial charge in [0.05, 0.1) is 13.2 Å². The highest BCUT2D eigenvalue weighted by molar-refractivity contribution is 5.93. The monoisotopic (exact) mass is 365 g/mol. The first-order valence-electron chi connectivity index (χ1n) is 9.21. The number of rotatable bonds is 6. The molecule has 3 aromatic rings. The zero-order chi connectivity index (χ0) is 18.6. The first-order valence-corrected chi connectivity index (χ1v) is 9.21. The van der Waals surface area contributed by atoms with Crippen LogP contribution in [-0.4, -0.2) is 46.6 Å². The van der Waals surface area contributed by atoms with Crippen LogP contribution in [0.3, 0.4) is 0 Å². The van der Waals surface area contributed by atoms with Gasteiger partial charge in [-0.3, -0.25) is 9.20 Å². The molecule has 27 heavy (non-hydrogen) atoms. The number of carbonyl (C=O) groups is 1. The molecular formula is C21H23N3O3. The van der Waals surface area contributed by atoms with E-state index < -0.39 is 0 Å². The Labute approximate surface area is 158 Å². The van der Waals surface area contributed by atoms with Gasteiger partial charge in [-0.2, -0.15) is 0 Å². The molecule has 1 atom stereocenters. The predicted molar refractivity (Wildman–Crippen MR) is 102 cm³/mol. The highest BCUT2D eigenvalue weighted by atomic mass is 16.5. The second-order valence-corrected chi connectivity index (χ2v) is 6.70. The van der Waals surface area contributed by atoms with E-state index in [4.69, 9.17) is 9.47 Å². The number of para-hydroxylation sites is 1. The molecule has 1 aromatic carbocycles. The smallest absolute Gasteiger partial charge is 0.271 e. The number of nitrogens with zero attached hydrogens (tertiary/aromatic N) is 3. The number of ether oxygens (including phenoxy) is 2. The van der Waals surface area contributed by atoms with E-state index in [0.29, 0.717) is 18.8 Å². The van der Waals surface area contributed by atoms with Crippen LogP contribution in [0.25, 0.3) is 5.65 Å². The quantitative estimate of drug-likeness (QED) is 0.673. The molecule has 1 aliphatic heterocycles. The summed E-state index contributed by atoms with van der Waals surface area (Å²) in [5.41, 5.74) is 2.33. The van der Waals surface area contributed by atoms with Gasteiger partial charge in [0, 0.05) is 37.7 Å². The molecule has 1 saturated heterocycles. The minimum absolute atomic E-state index is 0.0417. The Hall–Kier alpha value is -2.86. The molecule has 1 fully saturated rings. The van der Waals surface area contributed by atoms with Crippen molar-refractivity contribution in [3.05, 3.63) is 66.1 Å². The number of imidazole rings is 1. The minimum Gasteiger partial charge on any atom is -0.496 e. The van der Waals surface area contributed by atoms with Crippen LogP contribution in [0.5, 0.6) is 5.75 Å². The van der Waals surface area contributed by atoms with Crippen molar-refractivity contribution in [3.63, 3.8) is 0 Å². The summed E-state index contributed by atoms with van der Waals surface area (Å²) < 4.78 is 13.1. The van der Waals surface area contributed by atoms with Gasteiger partial charge in [0.2, 0.25) is 0 Å². The van der Waals surface area contributed by atoms with Crippen molar-refractivity contribution in [1.82, 2.24) is 14.3 Å². The molecule has 140 valence electrons. The lowest BCUT2D eigenvalue weighted by Gasteiger charge is -2.26. The zero-order valence-corrected chi connectivity index (χ0v) is 15.4. The van der Waals surface area contributed by atoms with Crippen molar-refractivity contribution in [2.24, 2.45) is 0 Å². The van der Waals surface area contributed by atoms with Gasteiger partial charge < -0.3 is 14.4 Å². The minimum atomic E-state index is -0.0417. The zero-order valence-electron chi connectivity index (χ0n) is 15.4. The normalized spacial score (nSPS) is 16.6. The average molecular weight is 365 g/mol. The summed E-state index contributed by atoms with van der Waals surface area (Å²) >= 11 is 0. The second-order valence-electron chi connectivity index (χ2n) is 6.70. The van der Waals surface area contributed by atoms with E-state index >= 15 is 0 Å². The van der Waals surface area contributed by atoms with Crippen LogP contribution >= 0.6 is 0 Å². The van der Waals surface area contributed by atoms with Gasteiger partial charge >= 0.3 is 0 Å². The van der Waals surface area contributed by atoms with Crippen molar-refractivity contribution in [1.29, 1.82) is 0 Å². The van der Waals surface area contributed by atoms with E-state index in [-0.39, 0.29) is 12.0 Å². The molecule has 0 N–H and O–H groups in total. The molecule has 3 heterocycles. The Morgan fingerprint density at radius 1 is 1.30 bits per heavy atom. The van der Waals surface area contributed by atoms with E-state index in [2.05, 4.69) is 4.98 Å². The predicted octanol–water partition coefficient (Wildman–Crippen LogP) is 3.16. The first-order chi connectivity index (χ1) is 13.3. The third-order valence-electron chi connectivity index (χ3n) is 4.94. The Bertz CT molecular complexity index is 931. The lowest BCUT2D eigenvalue weighted by molar-refractivity contribution is 0.0500. The summed E-state index contributed by atoms with van der Waals surface area (Å²) in [6, 6.07) is 13.4. The van der Waals surface area contributed by atoms with Gasteiger partial charge in [0.15, 0.2) is 0 Å². The standard InChI is InChI=1S/C21H23N3O3/c1-26-19-9-3-2-6-16(19)14-23(15-17-7-5-13-27-17)21(25)18-8-4-10-20-22-11-12-24(18)20/h2-4,6,8-12,17H,5,7,13-15H2,1H3. The van der Waals surface area contributed by atoms with Crippen molar-refractivity contribution in [2.45, 2.75) is 25.5 Å². The third-order valence-corrected chi connectivity index (χ3v) is 4.94. The molecule has 1 aliphatic rings. The van der Waals surface area contributed by atoms with Crippen molar-refractivity contribution < 1.29 is 14.3 Å². The van der Waals surface area contributed by atoms with Crippen LogP contribution < -0.4 is 4.74 Å². The van der Waals surface area contributed by atoms with E-state index in [1.807, 2.05) is 58.0 Å². The summed E-state index contributed by atoms with van der Waals surface area (Å²) in [6.07, 6.45) is 5.61. The molecule has 4 rings (SSSR count). The fourth-order valence-electron chi connectivity index (χ4n) is 3.58. The van der Waals surface area contributed by atoms with Gasteiger partial charge in [-0.05, 0) is 31.0 Å². The number of pyridine rings is 1. The Morgan fingerprint density at radius 2 is 2.19 bits per heavy atom. The van der Waals surface area contributed by atoms with E-state index in [0.717, 1.165) is 36.4 Å². The lowest BCUT2D eigenvalue weighted by atomic mass is 10.1. The van der Waals surface area contributed by atoms with Gasteiger partial charge in [-0.25, -0.2) is 4.98 Å². The molecular weight excluding hydrogens is 342 g/mol. The van der Waals surface area contributed by atoms with Gasteiger partial charge in [-0.15, -0.1) is 0 Å². The highest BCUT2D eigenvalue weighted by Gasteiger charge is 2.25. The van der Waals surface area contributed by atoms with E-state index in [1.165, 1.54) is 0 Å². The largest absolute Gasteiger partial charge is 0.496 e. The van der Waals surface area contributed by atoms with Crippen molar-refractivity contribution >= 4 is 11.6 Å². The molecule has 6 nitrogen and oxygen atoms in total. The summed E-state index contributed by atoms with van der Waals surface area (Å²) in [5, 5.41) is 0. The Kier molecular flexibility index (Phi) is 5.07. The number of fused-ring (bicyclic) bond motifs is 1. The van der Waals surface area contributed by atoms with Crippen LogP contribution in [-0.2, 0) is 11.3 Å². The summed E-state index contributed by atoms with van der Waals surface area (Å²) in [7, 11) is 1.65. The van der Waals surface area contributed by atoms with Crippen LogP contribution in [0.15, 0.2) is 54.9 Å². The fraction of sp³-hybridized carbons (Fsp3) is 0.333. The highest BCUT2D eigenvalue weighted by Crippen LogP contribution is 2.22. The number of amides is 1. The Balaban J connectivity index is 1.66. The van der Waals surface area contributed by atoms with Gasteiger partial charge in [0.1, 0.15) is 17.1 Å². The lowest BCUT2D eigenvalue weighted by Crippen LogP contribution is -2.37. The maximum Gasteiger partial charge on any atom is 0.271 e. The maximum atomic E-state index is 13.4. The van der Waals surface area contributed by atoms with Crippen molar-refractivity contribution in [3.8, 4) is 5.75 Å². The molecule has 0 aliphatic carbocycles. The molecule has 0 spiro atoms. The SMILES string of the molecule is COc1ccccc1CN(CC1CCCO1)C(=O)c1cccc2nccn12. The number of aromatic nitrogens is 2. The van der Waals surface area contributed by atoms with Crippen LogP contribution in [0.1, 0.15) is 28.9 Å². The number of methoxy groups -OCH3 is 1. The van der Waals surface area contributed by atoms with Gasteiger partial charge in [-0.1, -0.05) is 24.3 Å². The van der Waals surface area contributed by atoms with E-state index in [9.17, 15) is 4.79 Å². The number of hydrogen-bond acceptors (Lipinski definition) is 4. The molecule has 0 radical (unpaired) electrons. The molecule has 1 unspecified atom stereocenters. The van der Waals surface area contributed by atoms with Crippen LogP contribution in [0, 0.1) is 0 Å². The summed E-state index contributed by atoms with van der Waals surface area (Å²) in [4.78, 5) is 19.6. The third kappa shape index (κ3) is 3.66. The number of benzene rings is 1. The second kappa shape index (κ2) is 7.80. The van der Waals surface area contributed by atoms with E-state index in [1.54, 1.807) is 13.3 Å². The molecule has 0 bridgehead atoms. The van der Waals surface area contributed by atoms with Crippen molar-refractivity contribution in [2.75, 3.05) is 20.3 Å². The van der Waals surface area contributed by atoms with Gasteiger partial charge in [0.25, 0.3) is 5.91 Å². The topological polar surface area (TPSA) is 56.1 Å². The summed E-state index contributed by atoms with van der Waals surface area (Å²) in [5.74, 6) is 0.739. The summed E-state index contributed by atoms with van der Waals surface area (Å²) in [6.45, 7) is 1.79. The average Bonchev–Trinajstić information content (AvgIpc) is 3.38.